The molecule has 1 heterocycles. The first-order valence-electron chi connectivity index (χ1n) is 7.65. The zero-order chi connectivity index (χ0) is 15.0. The van der Waals surface area contributed by atoms with Crippen molar-refractivity contribution in [2.45, 2.75) is 39.7 Å². The first kappa shape index (κ1) is 14.2. The maximum Gasteiger partial charge on any atom is 0.122 e. The average molecular weight is 281 g/mol. The summed E-state index contributed by atoms with van der Waals surface area (Å²) in [6.45, 7) is 7.26. The second-order valence-corrected chi connectivity index (χ2v) is 6.11. The van der Waals surface area contributed by atoms with Crippen molar-refractivity contribution < 1.29 is 4.74 Å². The summed E-state index contributed by atoms with van der Waals surface area (Å²) < 4.78 is 5.69. The maximum absolute atomic E-state index is 6.56. The van der Waals surface area contributed by atoms with Crippen molar-refractivity contribution in [3.63, 3.8) is 0 Å². The highest BCUT2D eigenvalue weighted by Crippen LogP contribution is 2.31. The van der Waals surface area contributed by atoms with E-state index in [0.29, 0.717) is 0 Å². The van der Waals surface area contributed by atoms with Gasteiger partial charge in [-0.25, -0.2) is 0 Å². The number of fused-ring (bicyclic) bond motifs is 1. The van der Waals surface area contributed by atoms with E-state index >= 15 is 0 Å². The molecule has 2 aromatic carbocycles. The highest BCUT2D eigenvalue weighted by molar-refractivity contribution is 5.47. The van der Waals surface area contributed by atoms with E-state index in [1.807, 2.05) is 0 Å². The molecule has 2 aromatic rings. The minimum Gasteiger partial charge on any atom is -0.493 e. The molecule has 2 nitrogen and oxygen atoms in total. The predicted molar refractivity (Wildman–Crippen MR) is 86.9 cm³/mol. The number of hydrogen-bond acceptors (Lipinski definition) is 2. The van der Waals surface area contributed by atoms with Crippen molar-refractivity contribution in [1.29, 1.82) is 0 Å². The molecule has 2 heteroatoms. The lowest BCUT2D eigenvalue weighted by Crippen LogP contribution is -2.16. The molecular weight excluding hydrogens is 258 g/mol. The van der Waals surface area contributed by atoms with Crippen LogP contribution in [0.15, 0.2) is 30.3 Å². The number of aryl methyl sites for hydroxylation is 4. The van der Waals surface area contributed by atoms with Gasteiger partial charge in [-0.15, -0.1) is 0 Å². The van der Waals surface area contributed by atoms with Gasteiger partial charge in [0.25, 0.3) is 0 Å². The monoisotopic (exact) mass is 281 g/mol. The summed E-state index contributed by atoms with van der Waals surface area (Å²) in [7, 11) is 0. The Labute approximate surface area is 126 Å². The number of ether oxygens (including phenoxy) is 1. The van der Waals surface area contributed by atoms with Gasteiger partial charge in [-0.3, -0.25) is 0 Å². The molecule has 21 heavy (non-hydrogen) atoms. The van der Waals surface area contributed by atoms with Gasteiger partial charge < -0.3 is 10.5 Å². The van der Waals surface area contributed by atoms with Crippen LogP contribution in [0, 0.1) is 20.8 Å². The van der Waals surface area contributed by atoms with Crippen LogP contribution >= 0.6 is 0 Å². The summed E-state index contributed by atoms with van der Waals surface area (Å²) in [4.78, 5) is 0. The fourth-order valence-corrected chi connectivity index (χ4v) is 3.42. The van der Waals surface area contributed by atoms with Gasteiger partial charge in [0.05, 0.1) is 12.6 Å². The van der Waals surface area contributed by atoms with Crippen LogP contribution in [0.4, 0.5) is 0 Å². The fourth-order valence-electron chi connectivity index (χ4n) is 3.42. The molecule has 0 amide bonds. The van der Waals surface area contributed by atoms with Crippen LogP contribution in [0.1, 0.15) is 45.8 Å². The lowest BCUT2D eigenvalue weighted by Gasteiger charge is -2.22. The molecule has 0 aromatic heterocycles. The number of nitrogens with two attached hydrogens (primary N) is 1. The fraction of sp³-hybridized carbons (Fsp3) is 0.368. The summed E-state index contributed by atoms with van der Waals surface area (Å²) in [5.74, 6) is 1.02. The smallest absolute Gasteiger partial charge is 0.122 e. The molecule has 1 unspecified atom stereocenters. The summed E-state index contributed by atoms with van der Waals surface area (Å²) in [6.07, 6.45) is 2.18. The van der Waals surface area contributed by atoms with Crippen LogP contribution in [0.2, 0.25) is 0 Å². The largest absolute Gasteiger partial charge is 0.493 e. The third-order valence-corrected chi connectivity index (χ3v) is 4.34. The van der Waals surface area contributed by atoms with E-state index in [0.717, 1.165) is 25.2 Å². The van der Waals surface area contributed by atoms with Crippen molar-refractivity contribution in [2.75, 3.05) is 6.61 Å². The summed E-state index contributed by atoms with van der Waals surface area (Å²) >= 11 is 0. The van der Waals surface area contributed by atoms with Gasteiger partial charge in [0.15, 0.2) is 0 Å². The summed E-state index contributed by atoms with van der Waals surface area (Å²) in [6, 6.07) is 10.7. The molecule has 3 rings (SSSR count). The highest BCUT2D eigenvalue weighted by Gasteiger charge is 2.17. The Morgan fingerprint density at radius 3 is 2.48 bits per heavy atom. The van der Waals surface area contributed by atoms with Crippen LogP contribution in [0.25, 0.3) is 0 Å². The minimum atomic E-state index is -0.0715. The Morgan fingerprint density at radius 2 is 1.76 bits per heavy atom. The van der Waals surface area contributed by atoms with Gasteiger partial charge in [0.1, 0.15) is 5.75 Å². The van der Waals surface area contributed by atoms with Crippen LogP contribution in [-0.2, 0) is 6.42 Å². The molecule has 0 saturated heterocycles. The number of benzene rings is 2. The zero-order valence-electron chi connectivity index (χ0n) is 13.1. The third kappa shape index (κ3) is 2.68. The van der Waals surface area contributed by atoms with E-state index in [2.05, 4.69) is 51.1 Å². The molecule has 110 valence electrons. The molecule has 0 bridgehead atoms. The highest BCUT2D eigenvalue weighted by atomic mass is 16.5. The van der Waals surface area contributed by atoms with Crippen molar-refractivity contribution >= 4 is 0 Å². The topological polar surface area (TPSA) is 35.2 Å². The Bertz CT molecular complexity index is 652. The van der Waals surface area contributed by atoms with Crippen LogP contribution in [-0.4, -0.2) is 6.61 Å². The molecule has 1 atom stereocenters. The molecule has 0 spiro atoms. The molecule has 1 aliphatic heterocycles. The normalized spacial score (nSPS) is 15.2. The Morgan fingerprint density at radius 1 is 1.05 bits per heavy atom. The van der Waals surface area contributed by atoms with E-state index in [-0.39, 0.29) is 6.04 Å². The molecule has 2 N–H and O–H groups in total. The summed E-state index contributed by atoms with van der Waals surface area (Å²) in [5, 5.41) is 0. The third-order valence-electron chi connectivity index (χ3n) is 4.34. The van der Waals surface area contributed by atoms with E-state index in [4.69, 9.17) is 10.5 Å². The lowest BCUT2D eigenvalue weighted by molar-refractivity contribution is 0.288. The zero-order valence-corrected chi connectivity index (χ0v) is 13.1. The number of hydrogen-bond donors (Lipinski definition) is 1. The maximum atomic E-state index is 6.56. The standard InChI is InChI=1S/C19H23NO/c1-12-9-13(2)18(14(3)10-12)19(20)16-6-7-17-15(11-16)5-4-8-21-17/h6-7,9-11,19H,4-5,8,20H2,1-3H3. The van der Waals surface area contributed by atoms with Gasteiger partial charge >= 0.3 is 0 Å². The first-order chi connectivity index (χ1) is 10.1. The Hall–Kier alpha value is -1.80. The minimum absolute atomic E-state index is 0.0715. The van der Waals surface area contributed by atoms with Crippen LogP contribution < -0.4 is 10.5 Å². The van der Waals surface area contributed by atoms with Gasteiger partial charge in [0.2, 0.25) is 0 Å². The SMILES string of the molecule is Cc1cc(C)c(C(N)c2ccc3c(c2)CCCO3)c(C)c1. The van der Waals surface area contributed by atoms with Crippen LogP contribution in [0.3, 0.4) is 0 Å². The quantitative estimate of drug-likeness (QED) is 0.903. The molecule has 1 aliphatic rings. The molecule has 0 saturated carbocycles. The summed E-state index contributed by atoms with van der Waals surface area (Å²) in [5.41, 5.74) is 14.1. The number of rotatable bonds is 2. The molecule has 0 fully saturated rings. The van der Waals surface area contributed by atoms with E-state index in [9.17, 15) is 0 Å². The molecule has 0 aliphatic carbocycles. The molecular formula is C19H23NO. The van der Waals surface area contributed by atoms with E-state index in [1.165, 1.54) is 33.4 Å². The lowest BCUT2D eigenvalue weighted by atomic mass is 9.89. The average Bonchev–Trinajstić information content (AvgIpc) is 2.45. The first-order valence-corrected chi connectivity index (χ1v) is 7.65. The van der Waals surface area contributed by atoms with Gasteiger partial charge in [-0.2, -0.15) is 0 Å². The van der Waals surface area contributed by atoms with Crippen molar-refractivity contribution in [1.82, 2.24) is 0 Å². The van der Waals surface area contributed by atoms with Gasteiger partial charge in [0, 0.05) is 0 Å². The van der Waals surface area contributed by atoms with Gasteiger partial charge in [-0.05, 0) is 67.5 Å². The van der Waals surface area contributed by atoms with Gasteiger partial charge in [-0.1, -0.05) is 29.8 Å². The Kier molecular flexibility index (Phi) is 3.73. The van der Waals surface area contributed by atoms with Crippen LogP contribution in [0.5, 0.6) is 5.75 Å². The second kappa shape index (κ2) is 5.53. The van der Waals surface area contributed by atoms with E-state index < -0.39 is 0 Å². The second-order valence-electron chi connectivity index (χ2n) is 6.11. The van der Waals surface area contributed by atoms with Crippen molar-refractivity contribution in [2.24, 2.45) is 5.73 Å². The Balaban J connectivity index is 2.01. The van der Waals surface area contributed by atoms with Crippen molar-refractivity contribution in [3.05, 3.63) is 63.7 Å². The van der Waals surface area contributed by atoms with E-state index in [1.54, 1.807) is 0 Å². The molecule has 0 radical (unpaired) electrons. The predicted octanol–water partition coefficient (Wildman–Crippen LogP) is 3.98. The van der Waals surface area contributed by atoms with Crippen molar-refractivity contribution in [3.8, 4) is 5.75 Å².